The summed E-state index contributed by atoms with van der Waals surface area (Å²) in [5.74, 6) is 1.47. The largest absolute Gasteiger partial charge is 0.364 e. The standard InChI is InChI=1S/C12H11ClN4S2/c1-14-12-16-10(8-4-5-18-11(8)17-12)15-6-7-2-3-9(13)19-7/h2-5H,6H2,1H3,(H2,14,15,16,17). The highest BCUT2D eigenvalue weighted by Crippen LogP contribution is 2.28. The highest BCUT2D eigenvalue weighted by molar-refractivity contribution is 7.17. The lowest BCUT2D eigenvalue weighted by atomic mass is 10.3. The Balaban J connectivity index is 1.88. The van der Waals surface area contributed by atoms with Gasteiger partial charge >= 0.3 is 0 Å². The minimum Gasteiger partial charge on any atom is -0.364 e. The van der Waals surface area contributed by atoms with Gasteiger partial charge in [0, 0.05) is 11.9 Å². The molecule has 7 heteroatoms. The normalized spacial score (nSPS) is 10.8. The Labute approximate surface area is 123 Å². The third kappa shape index (κ3) is 2.65. The molecular formula is C12H11ClN4S2. The number of nitrogens with one attached hydrogen (secondary N) is 2. The van der Waals surface area contributed by atoms with Crippen LogP contribution >= 0.6 is 34.3 Å². The minimum atomic E-state index is 0.627. The zero-order chi connectivity index (χ0) is 13.2. The predicted octanol–water partition coefficient (Wildman–Crippen LogP) is 4.06. The molecule has 98 valence electrons. The van der Waals surface area contributed by atoms with E-state index in [2.05, 4.69) is 20.6 Å². The van der Waals surface area contributed by atoms with Crippen LogP contribution in [-0.4, -0.2) is 17.0 Å². The molecule has 0 amide bonds. The van der Waals surface area contributed by atoms with Crippen LogP contribution in [0.1, 0.15) is 4.88 Å². The van der Waals surface area contributed by atoms with Crippen molar-refractivity contribution in [2.24, 2.45) is 0 Å². The predicted molar refractivity (Wildman–Crippen MR) is 83.6 cm³/mol. The number of fused-ring (bicyclic) bond motifs is 1. The smallest absolute Gasteiger partial charge is 0.225 e. The van der Waals surface area contributed by atoms with Gasteiger partial charge in [0.1, 0.15) is 10.6 Å². The number of anilines is 2. The van der Waals surface area contributed by atoms with Gasteiger partial charge in [0.25, 0.3) is 0 Å². The van der Waals surface area contributed by atoms with E-state index in [1.807, 2.05) is 30.6 Å². The molecule has 0 atom stereocenters. The van der Waals surface area contributed by atoms with Crippen molar-refractivity contribution in [3.8, 4) is 0 Å². The molecule has 0 radical (unpaired) electrons. The molecule has 0 spiro atoms. The highest BCUT2D eigenvalue weighted by Gasteiger charge is 2.08. The maximum atomic E-state index is 5.92. The van der Waals surface area contributed by atoms with Crippen LogP contribution in [0.2, 0.25) is 4.34 Å². The Bertz CT molecular complexity index is 707. The molecule has 3 aromatic heterocycles. The molecule has 0 saturated carbocycles. The van der Waals surface area contributed by atoms with Gasteiger partial charge in [-0.05, 0) is 23.6 Å². The molecule has 19 heavy (non-hydrogen) atoms. The molecule has 3 heterocycles. The van der Waals surface area contributed by atoms with Crippen molar-refractivity contribution in [1.29, 1.82) is 0 Å². The van der Waals surface area contributed by atoms with Crippen molar-refractivity contribution >= 4 is 56.3 Å². The maximum Gasteiger partial charge on any atom is 0.225 e. The molecule has 0 aliphatic carbocycles. The first-order valence-corrected chi connectivity index (χ1v) is 7.75. The third-order valence-electron chi connectivity index (χ3n) is 2.61. The fourth-order valence-electron chi connectivity index (χ4n) is 1.72. The van der Waals surface area contributed by atoms with Crippen molar-refractivity contribution < 1.29 is 0 Å². The van der Waals surface area contributed by atoms with Gasteiger partial charge in [-0.1, -0.05) is 11.6 Å². The number of nitrogens with zero attached hydrogens (tertiary/aromatic N) is 2. The average Bonchev–Trinajstić information content (AvgIpc) is 3.04. The summed E-state index contributed by atoms with van der Waals surface area (Å²) in [5, 5.41) is 9.39. The summed E-state index contributed by atoms with van der Waals surface area (Å²) in [7, 11) is 1.82. The molecule has 0 bridgehead atoms. The van der Waals surface area contributed by atoms with E-state index in [9.17, 15) is 0 Å². The second kappa shape index (κ2) is 5.32. The quantitative estimate of drug-likeness (QED) is 0.763. The van der Waals surface area contributed by atoms with Gasteiger partial charge in [-0.15, -0.1) is 22.7 Å². The second-order valence-corrected chi connectivity index (χ2v) is 6.54. The fourth-order valence-corrected chi connectivity index (χ4v) is 3.51. The van der Waals surface area contributed by atoms with Gasteiger partial charge in [-0.2, -0.15) is 4.98 Å². The lowest BCUT2D eigenvalue weighted by molar-refractivity contribution is 1.12. The Morgan fingerprint density at radius 3 is 2.89 bits per heavy atom. The van der Waals surface area contributed by atoms with Crippen molar-refractivity contribution in [2.75, 3.05) is 17.7 Å². The topological polar surface area (TPSA) is 49.8 Å². The number of thiophene rings is 2. The second-order valence-electron chi connectivity index (χ2n) is 3.84. The number of halogens is 1. The van der Waals surface area contributed by atoms with E-state index in [4.69, 9.17) is 11.6 Å². The van der Waals surface area contributed by atoms with Gasteiger partial charge in [0.05, 0.1) is 16.3 Å². The molecule has 0 unspecified atom stereocenters. The lowest BCUT2D eigenvalue weighted by Gasteiger charge is -2.07. The van der Waals surface area contributed by atoms with Crippen molar-refractivity contribution in [3.05, 3.63) is 32.8 Å². The van der Waals surface area contributed by atoms with E-state index >= 15 is 0 Å². The van der Waals surface area contributed by atoms with Gasteiger partial charge < -0.3 is 10.6 Å². The first-order chi connectivity index (χ1) is 9.26. The highest BCUT2D eigenvalue weighted by atomic mass is 35.5. The average molecular weight is 311 g/mol. The van der Waals surface area contributed by atoms with Crippen molar-refractivity contribution in [1.82, 2.24) is 9.97 Å². The van der Waals surface area contributed by atoms with Crippen LogP contribution < -0.4 is 10.6 Å². The van der Waals surface area contributed by atoms with E-state index < -0.39 is 0 Å². The summed E-state index contributed by atoms with van der Waals surface area (Å²) in [6.45, 7) is 0.711. The number of hydrogen-bond donors (Lipinski definition) is 2. The number of aromatic nitrogens is 2. The van der Waals surface area contributed by atoms with Crippen LogP contribution in [-0.2, 0) is 6.54 Å². The summed E-state index contributed by atoms with van der Waals surface area (Å²) >= 11 is 9.10. The summed E-state index contributed by atoms with van der Waals surface area (Å²) < 4.78 is 0.802. The van der Waals surface area contributed by atoms with Crippen LogP contribution in [0, 0.1) is 0 Å². The Morgan fingerprint density at radius 1 is 1.26 bits per heavy atom. The van der Waals surface area contributed by atoms with E-state index in [1.165, 1.54) is 4.88 Å². The summed E-state index contributed by atoms with van der Waals surface area (Å²) in [4.78, 5) is 11.0. The molecule has 2 N–H and O–H groups in total. The van der Waals surface area contributed by atoms with Gasteiger partial charge in [0.15, 0.2) is 0 Å². The molecule has 0 aliphatic rings. The van der Waals surface area contributed by atoms with Gasteiger partial charge in [0.2, 0.25) is 5.95 Å². The molecule has 0 saturated heterocycles. The van der Waals surface area contributed by atoms with Gasteiger partial charge in [-0.25, -0.2) is 4.98 Å². The molecule has 3 rings (SSSR count). The molecular weight excluding hydrogens is 300 g/mol. The fraction of sp³-hybridized carbons (Fsp3) is 0.167. The summed E-state index contributed by atoms with van der Waals surface area (Å²) in [6, 6.07) is 5.95. The van der Waals surface area contributed by atoms with Crippen LogP contribution in [0.5, 0.6) is 0 Å². The van der Waals surface area contributed by atoms with E-state index in [-0.39, 0.29) is 0 Å². The van der Waals surface area contributed by atoms with E-state index in [1.54, 1.807) is 22.7 Å². The van der Waals surface area contributed by atoms with E-state index in [0.717, 1.165) is 20.4 Å². The Kier molecular flexibility index (Phi) is 3.54. The summed E-state index contributed by atoms with van der Waals surface area (Å²) in [6.07, 6.45) is 0. The van der Waals surface area contributed by atoms with Crippen molar-refractivity contribution in [3.63, 3.8) is 0 Å². The zero-order valence-corrected chi connectivity index (χ0v) is 12.5. The molecule has 0 fully saturated rings. The van der Waals surface area contributed by atoms with E-state index in [0.29, 0.717) is 12.5 Å². The van der Waals surface area contributed by atoms with Crippen LogP contribution in [0.25, 0.3) is 10.2 Å². The van der Waals surface area contributed by atoms with Crippen LogP contribution in [0.4, 0.5) is 11.8 Å². The van der Waals surface area contributed by atoms with Crippen molar-refractivity contribution in [2.45, 2.75) is 6.54 Å². The third-order valence-corrected chi connectivity index (χ3v) is 4.65. The molecule has 3 aromatic rings. The van der Waals surface area contributed by atoms with Crippen LogP contribution in [0.15, 0.2) is 23.6 Å². The van der Waals surface area contributed by atoms with Crippen LogP contribution in [0.3, 0.4) is 0 Å². The zero-order valence-electron chi connectivity index (χ0n) is 10.1. The Morgan fingerprint density at radius 2 is 2.16 bits per heavy atom. The first kappa shape index (κ1) is 12.7. The lowest BCUT2D eigenvalue weighted by Crippen LogP contribution is -2.03. The Hall–Kier alpha value is -1.37. The monoisotopic (exact) mass is 310 g/mol. The number of rotatable bonds is 4. The van der Waals surface area contributed by atoms with Gasteiger partial charge in [-0.3, -0.25) is 0 Å². The minimum absolute atomic E-state index is 0.627. The summed E-state index contributed by atoms with van der Waals surface area (Å²) in [5.41, 5.74) is 0. The molecule has 4 nitrogen and oxygen atoms in total. The SMILES string of the molecule is CNc1nc(NCc2ccc(Cl)s2)c2ccsc2n1. The molecule has 0 aromatic carbocycles. The molecule has 0 aliphatic heterocycles. The number of hydrogen-bond acceptors (Lipinski definition) is 6. The first-order valence-electron chi connectivity index (χ1n) is 5.67. The maximum absolute atomic E-state index is 5.92.